The van der Waals surface area contributed by atoms with E-state index in [0.717, 1.165) is 0 Å². The minimum atomic E-state index is -0.226. The Balaban J connectivity index is 2.71. The lowest BCUT2D eigenvalue weighted by atomic mass is 9.81. The van der Waals surface area contributed by atoms with E-state index in [1.165, 1.54) is 0 Å². The topological polar surface area (TPSA) is 69.2 Å². The summed E-state index contributed by atoms with van der Waals surface area (Å²) in [6, 6.07) is 0.287. The molecule has 1 aliphatic rings. The Morgan fingerprint density at radius 2 is 1.39 bits per heavy atom. The highest BCUT2D eigenvalue weighted by atomic mass is 16.5. The highest BCUT2D eigenvalue weighted by molar-refractivity contribution is 5.77. The van der Waals surface area contributed by atoms with E-state index in [-0.39, 0.29) is 35.9 Å². The van der Waals surface area contributed by atoms with Gasteiger partial charge in [0, 0.05) is 0 Å². The summed E-state index contributed by atoms with van der Waals surface area (Å²) in [5.41, 5.74) is 0. The standard InChI is InChI=1S/C13H23NO4/c1-5-17-12(15)10-7-11(13(16)18-6-2)9(4)14-8(10)3/h8-11,14H,5-7H2,1-4H3/p+1/t8-,9+,10-,11-/m1/s1. The van der Waals surface area contributed by atoms with Crippen molar-refractivity contribution in [2.75, 3.05) is 13.2 Å². The van der Waals surface area contributed by atoms with E-state index in [0.29, 0.717) is 19.6 Å². The number of esters is 2. The first-order valence-corrected chi connectivity index (χ1v) is 6.69. The molecule has 0 bridgehead atoms. The van der Waals surface area contributed by atoms with Gasteiger partial charge in [0.1, 0.15) is 11.8 Å². The molecule has 1 heterocycles. The number of hydrogen-bond acceptors (Lipinski definition) is 4. The van der Waals surface area contributed by atoms with Crippen LogP contribution in [0, 0.1) is 11.8 Å². The van der Waals surface area contributed by atoms with Gasteiger partial charge in [-0.05, 0) is 34.1 Å². The second kappa shape index (κ2) is 6.73. The monoisotopic (exact) mass is 258 g/mol. The second-order valence-corrected chi connectivity index (χ2v) is 4.86. The lowest BCUT2D eigenvalue weighted by Gasteiger charge is -2.34. The smallest absolute Gasteiger partial charge is 0.314 e. The van der Waals surface area contributed by atoms with Gasteiger partial charge in [0.25, 0.3) is 0 Å². The lowest BCUT2D eigenvalue weighted by molar-refractivity contribution is -0.733. The van der Waals surface area contributed by atoms with Gasteiger partial charge in [-0.3, -0.25) is 9.59 Å². The van der Waals surface area contributed by atoms with Crippen LogP contribution in [0.5, 0.6) is 0 Å². The highest BCUT2D eigenvalue weighted by Gasteiger charge is 2.44. The zero-order valence-corrected chi connectivity index (χ0v) is 11.6. The maximum atomic E-state index is 11.8. The van der Waals surface area contributed by atoms with E-state index < -0.39 is 0 Å². The molecular formula is C13H24NO4+. The van der Waals surface area contributed by atoms with Crippen molar-refractivity contribution < 1.29 is 24.4 Å². The average molecular weight is 258 g/mol. The van der Waals surface area contributed by atoms with Crippen LogP contribution in [0.15, 0.2) is 0 Å². The molecule has 0 aromatic carbocycles. The minimum absolute atomic E-state index is 0.143. The summed E-state index contributed by atoms with van der Waals surface area (Å²) in [7, 11) is 0. The van der Waals surface area contributed by atoms with Gasteiger partial charge < -0.3 is 14.8 Å². The molecule has 0 spiro atoms. The summed E-state index contributed by atoms with van der Waals surface area (Å²) >= 11 is 0. The number of ether oxygens (including phenoxy) is 2. The molecule has 5 heteroatoms. The normalized spacial score (nSPS) is 31.8. The third-order valence-electron chi connectivity index (χ3n) is 3.56. The number of quaternary nitrogens is 1. The van der Waals surface area contributed by atoms with E-state index in [1.807, 2.05) is 13.8 Å². The molecule has 1 saturated heterocycles. The van der Waals surface area contributed by atoms with Gasteiger partial charge >= 0.3 is 11.9 Å². The van der Waals surface area contributed by atoms with Gasteiger partial charge in [-0.15, -0.1) is 0 Å². The number of nitrogens with two attached hydrogens (primary N) is 1. The first-order chi connectivity index (χ1) is 8.51. The molecule has 0 aromatic heterocycles. The lowest BCUT2D eigenvalue weighted by Crippen LogP contribution is -2.99. The van der Waals surface area contributed by atoms with Gasteiger partial charge in [-0.1, -0.05) is 0 Å². The highest BCUT2D eigenvalue weighted by Crippen LogP contribution is 2.23. The molecular weight excluding hydrogens is 234 g/mol. The van der Waals surface area contributed by atoms with Gasteiger partial charge in [0.05, 0.1) is 25.3 Å². The van der Waals surface area contributed by atoms with Crippen molar-refractivity contribution in [3.8, 4) is 0 Å². The molecule has 4 atom stereocenters. The predicted molar refractivity (Wildman–Crippen MR) is 65.7 cm³/mol. The zero-order chi connectivity index (χ0) is 13.7. The maximum absolute atomic E-state index is 11.8. The van der Waals surface area contributed by atoms with Crippen LogP contribution >= 0.6 is 0 Å². The second-order valence-electron chi connectivity index (χ2n) is 4.86. The number of piperidine rings is 1. The number of carbonyl (C=O) groups is 2. The summed E-state index contributed by atoms with van der Waals surface area (Å²) in [5.74, 6) is -0.865. The number of hydrogen-bond donors (Lipinski definition) is 1. The van der Waals surface area contributed by atoms with Gasteiger partial charge in [-0.2, -0.15) is 0 Å². The Kier molecular flexibility index (Phi) is 5.59. The molecule has 0 saturated carbocycles. The third-order valence-corrected chi connectivity index (χ3v) is 3.56. The molecule has 104 valence electrons. The largest absolute Gasteiger partial charge is 0.466 e. The van der Waals surface area contributed by atoms with E-state index >= 15 is 0 Å². The maximum Gasteiger partial charge on any atom is 0.314 e. The summed E-state index contributed by atoms with van der Waals surface area (Å²) < 4.78 is 10.1. The van der Waals surface area contributed by atoms with Crippen molar-refractivity contribution in [3.63, 3.8) is 0 Å². The fourth-order valence-corrected chi connectivity index (χ4v) is 2.57. The molecule has 0 unspecified atom stereocenters. The van der Waals surface area contributed by atoms with Crippen molar-refractivity contribution in [1.82, 2.24) is 0 Å². The van der Waals surface area contributed by atoms with Crippen molar-refractivity contribution in [3.05, 3.63) is 0 Å². The van der Waals surface area contributed by atoms with Crippen LogP contribution < -0.4 is 5.32 Å². The quantitative estimate of drug-likeness (QED) is 0.726. The molecule has 0 amide bonds. The molecule has 1 rings (SSSR count). The first-order valence-electron chi connectivity index (χ1n) is 6.69. The minimum Gasteiger partial charge on any atom is -0.466 e. The molecule has 0 radical (unpaired) electrons. The molecule has 1 aliphatic heterocycles. The van der Waals surface area contributed by atoms with Crippen molar-refractivity contribution in [2.24, 2.45) is 11.8 Å². The van der Waals surface area contributed by atoms with Gasteiger partial charge in [0.2, 0.25) is 0 Å². The fraction of sp³-hybridized carbons (Fsp3) is 0.846. The van der Waals surface area contributed by atoms with Crippen LogP contribution in [0.25, 0.3) is 0 Å². The van der Waals surface area contributed by atoms with E-state index in [2.05, 4.69) is 5.32 Å². The molecule has 0 aliphatic carbocycles. The Morgan fingerprint density at radius 1 is 1.00 bits per heavy atom. The molecule has 2 N–H and O–H groups in total. The van der Waals surface area contributed by atoms with Crippen LogP contribution in [0.3, 0.4) is 0 Å². The van der Waals surface area contributed by atoms with Crippen LogP contribution in [0.2, 0.25) is 0 Å². The van der Waals surface area contributed by atoms with Crippen LogP contribution in [-0.2, 0) is 19.1 Å². The predicted octanol–water partition coefficient (Wildman–Crippen LogP) is 0.0891. The van der Waals surface area contributed by atoms with E-state index in [4.69, 9.17) is 9.47 Å². The van der Waals surface area contributed by atoms with Crippen LogP contribution in [0.1, 0.15) is 34.1 Å². The Labute approximate surface area is 108 Å². The third kappa shape index (κ3) is 3.45. The first kappa shape index (κ1) is 15.0. The van der Waals surface area contributed by atoms with Crippen LogP contribution in [-0.4, -0.2) is 37.2 Å². The van der Waals surface area contributed by atoms with Crippen molar-refractivity contribution >= 4 is 11.9 Å². The number of carbonyl (C=O) groups excluding carboxylic acids is 2. The fourth-order valence-electron chi connectivity index (χ4n) is 2.57. The summed E-state index contributed by atoms with van der Waals surface area (Å²) in [5, 5.41) is 2.06. The van der Waals surface area contributed by atoms with Crippen molar-refractivity contribution in [1.29, 1.82) is 0 Å². The average Bonchev–Trinajstić information content (AvgIpc) is 2.29. The zero-order valence-electron chi connectivity index (χ0n) is 11.6. The molecule has 1 fully saturated rings. The summed E-state index contributed by atoms with van der Waals surface area (Å²) in [4.78, 5) is 23.7. The summed E-state index contributed by atoms with van der Waals surface area (Å²) in [6.45, 7) is 8.34. The van der Waals surface area contributed by atoms with Gasteiger partial charge in [0.15, 0.2) is 0 Å². The number of rotatable bonds is 4. The Bertz CT molecular complexity index is 277. The van der Waals surface area contributed by atoms with Crippen LogP contribution in [0.4, 0.5) is 0 Å². The van der Waals surface area contributed by atoms with E-state index in [9.17, 15) is 9.59 Å². The van der Waals surface area contributed by atoms with E-state index in [1.54, 1.807) is 13.8 Å². The SMILES string of the molecule is CCOC(=O)[C@@H]1C[C@@H](C(=O)OCC)[C@@H](C)[NH2+][C@H]1C. The Hall–Kier alpha value is -1.10. The van der Waals surface area contributed by atoms with Gasteiger partial charge in [-0.25, -0.2) is 0 Å². The molecule has 0 aromatic rings. The summed E-state index contributed by atoms with van der Waals surface area (Å²) in [6.07, 6.45) is 0.524. The van der Waals surface area contributed by atoms with Crippen molar-refractivity contribution in [2.45, 2.75) is 46.2 Å². The molecule has 5 nitrogen and oxygen atoms in total. The molecule has 18 heavy (non-hydrogen) atoms. The Morgan fingerprint density at radius 3 is 1.72 bits per heavy atom.